The largest absolute Gasteiger partial charge is 0.329 e. The summed E-state index contributed by atoms with van der Waals surface area (Å²) in [5, 5.41) is 5.16. The van der Waals surface area contributed by atoms with Crippen molar-refractivity contribution in [3.63, 3.8) is 0 Å². The highest BCUT2D eigenvalue weighted by molar-refractivity contribution is 6.31. The number of hydrazone groups is 1. The van der Waals surface area contributed by atoms with Gasteiger partial charge in [0.25, 0.3) is 0 Å². The van der Waals surface area contributed by atoms with Gasteiger partial charge in [0.1, 0.15) is 6.34 Å². The number of hydrazine groups is 1. The molecule has 7 heteroatoms. The molecule has 0 amide bonds. The monoisotopic (exact) mass is 277 g/mol. The average molecular weight is 278 g/mol. The first-order valence-electron chi connectivity index (χ1n) is 5.38. The number of H-pyrrole nitrogens is 1. The number of nitrogens with two attached hydrogens (primary N) is 2. The van der Waals surface area contributed by atoms with Crippen molar-refractivity contribution >= 4 is 23.6 Å². The van der Waals surface area contributed by atoms with E-state index in [2.05, 4.69) is 10.1 Å². The first kappa shape index (κ1) is 13.1. The topological polar surface area (TPSA) is 100 Å². The zero-order valence-electron chi connectivity index (χ0n) is 9.88. The summed E-state index contributed by atoms with van der Waals surface area (Å²) < 4.78 is 0. The van der Waals surface area contributed by atoms with E-state index in [0.29, 0.717) is 21.8 Å². The maximum absolute atomic E-state index is 11.4. The van der Waals surface area contributed by atoms with Crippen molar-refractivity contribution in [1.29, 1.82) is 0 Å². The smallest absolute Gasteiger partial charge is 0.248 e. The van der Waals surface area contributed by atoms with E-state index in [-0.39, 0.29) is 5.56 Å². The van der Waals surface area contributed by atoms with E-state index in [1.165, 1.54) is 17.4 Å². The Bertz CT molecular complexity index is 667. The lowest BCUT2D eigenvalue weighted by Crippen LogP contribution is -2.30. The lowest BCUT2D eigenvalue weighted by atomic mass is 10.0. The van der Waals surface area contributed by atoms with Gasteiger partial charge in [0.2, 0.25) is 5.56 Å². The molecular weight excluding hydrogens is 266 g/mol. The van der Waals surface area contributed by atoms with E-state index < -0.39 is 0 Å². The van der Waals surface area contributed by atoms with Gasteiger partial charge >= 0.3 is 0 Å². The van der Waals surface area contributed by atoms with Crippen LogP contribution >= 0.6 is 11.6 Å². The van der Waals surface area contributed by atoms with Gasteiger partial charge in [0.05, 0.1) is 5.69 Å². The normalized spacial score (nSPS) is 10.8. The predicted octanol–water partition coefficient (Wildman–Crippen LogP) is 1.28. The van der Waals surface area contributed by atoms with Gasteiger partial charge in [-0.1, -0.05) is 11.6 Å². The summed E-state index contributed by atoms with van der Waals surface area (Å²) >= 11 is 5.98. The molecule has 0 atom stereocenters. The van der Waals surface area contributed by atoms with Crippen LogP contribution in [0.3, 0.4) is 0 Å². The molecule has 5 N–H and O–H groups in total. The lowest BCUT2D eigenvalue weighted by molar-refractivity contribution is 1.12. The molecule has 0 saturated carbocycles. The Morgan fingerprint density at radius 1 is 1.32 bits per heavy atom. The quantitative estimate of drug-likeness (QED) is 0.340. The van der Waals surface area contributed by atoms with Gasteiger partial charge in [-0.2, -0.15) is 5.10 Å². The molecular formula is C12H12ClN5O. The van der Waals surface area contributed by atoms with Crippen molar-refractivity contribution < 1.29 is 0 Å². The minimum atomic E-state index is -0.209. The highest BCUT2D eigenvalue weighted by Crippen LogP contribution is 2.31. The number of aromatic nitrogens is 1. The number of hydrogen-bond donors (Lipinski definition) is 3. The standard InChI is InChI=1S/C12H12ClN5O/c13-9-1-2-11(18(15)7-17-14)10(6-9)8-3-4-16-12(19)5-8/h1-7H,14-15H2,(H,16,19)/b17-7-. The van der Waals surface area contributed by atoms with E-state index in [1.54, 1.807) is 30.5 Å². The Kier molecular flexibility index (Phi) is 3.84. The third kappa shape index (κ3) is 2.93. The predicted molar refractivity (Wildman–Crippen MR) is 76.9 cm³/mol. The molecule has 98 valence electrons. The van der Waals surface area contributed by atoms with Crippen molar-refractivity contribution in [1.82, 2.24) is 4.98 Å². The average Bonchev–Trinajstić information content (AvgIpc) is 2.39. The van der Waals surface area contributed by atoms with Gasteiger partial charge in [-0.25, -0.2) is 5.84 Å². The fourth-order valence-corrected chi connectivity index (χ4v) is 1.88. The van der Waals surface area contributed by atoms with Crippen molar-refractivity contribution in [3.05, 3.63) is 51.9 Å². The van der Waals surface area contributed by atoms with Crippen LogP contribution in [0.4, 0.5) is 5.69 Å². The Hall–Kier alpha value is -2.31. The minimum Gasteiger partial charge on any atom is -0.329 e. The Morgan fingerprint density at radius 3 is 2.79 bits per heavy atom. The molecule has 0 radical (unpaired) electrons. The van der Waals surface area contributed by atoms with Crippen LogP contribution in [0.25, 0.3) is 11.1 Å². The van der Waals surface area contributed by atoms with Crippen LogP contribution in [0.1, 0.15) is 0 Å². The molecule has 1 aromatic heterocycles. The second-order valence-corrected chi connectivity index (χ2v) is 4.21. The molecule has 2 rings (SSSR count). The number of anilines is 1. The molecule has 0 bridgehead atoms. The van der Waals surface area contributed by atoms with E-state index in [1.807, 2.05) is 0 Å². The molecule has 0 fully saturated rings. The Balaban J connectivity index is 2.61. The van der Waals surface area contributed by atoms with Crippen LogP contribution in [-0.2, 0) is 0 Å². The Labute approximate surface area is 114 Å². The second-order valence-electron chi connectivity index (χ2n) is 3.77. The maximum atomic E-state index is 11.4. The van der Waals surface area contributed by atoms with E-state index in [9.17, 15) is 4.79 Å². The first-order chi connectivity index (χ1) is 9.11. The lowest BCUT2D eigenvalue weighted by Gasteiger charge is -2.17. The summed E-state index contributed by atoms with van der Waals surface area (Å²) in [5.41, 5.74) is 1.83. The first-order valence-corrected chi connectivity index (χ1v) is 5.75. The molecule has 0 unspecified atom stereocenters. The summed E-state index contributed by atoms with van der Waals surface area (Å²) in [4.78, 5) is 13.9. The molecule has 0 spiro atoms. The van der Waals surface area contributed by atoms with Gasteiger partial charge in [-0.3, -0.25) is 9.80 Å². The maximum Gasteiger partial charge on any atom is 0.248 e. The second kappa shape index (κ2) is 5.55. The van der Waals surface area contributed by atoms with Crippen LogP contribution in [0.15, 0.2) is 46.4 Å². The number of benzene rings is 1. The summed E-state index contributed by atoms with van der Waals surface area (Å²) in [6.45, 7) is 0. The fraction of sp³-hybridized carbons (Fsp3) is 0. The number of pyridine rings is 1. The summed E-state index contributed by atoms with van der Waals surface area (Å²) in [5.74, 6) is 10.9. The van der Waals surface area contributed by atoms with Crippen LogP contribution in [-0.4, -0.2) is 11.3 Å². The van der Waals surface area contributed by atoms with Crippen molar-refractivity contribution in [3.8, 4) is 11.1 Å². The third-order valence-corrected chi connectivity index (χ3v) is 2.75. The number of nitrogens with one attached hydrogen (secondary N) is 1. The van der Waals surface area contributed by atoms with Crippen LogP contribution in [0.5, 0.6) is 0 Å². The highest BCUT2D eigenvalue weighted by atomic mass is 35.5. The van der Waals surface area contributed by atoms with Crippen molar-refractivity contribution in [2.24, 2.45) is 16.8 Å². The summed E-state index contributed by atoms with van der Waals surface area (Å²) in [6.07, 6.45) is 2.82. The summed E-state index contributed by atoms with van der Waals surface area (Å²) in [7, 11) is 0. The third-order valence-electron chi connectivity index (χ3n) is 2.51. The molecule has 0 aliphatic carbocycles. The van der Waals surface area contributed by atoms with E-state index in [0.717, 1.165) is 0 Å². The fourth-order valence-electron chi connectivity index (χ4n) is 1.71. The number of aromatic amines is 1. The van der Waals surface area contributed by atoms with E-state index >= 15 is 0 Å². The van der Waals surface area contributed by atoms with Gasteiger partial charge in [0.15, 0.2) is 0 Å². The molecule has 1 aromatic carbocycles. The van der Waals surface area contributed by atoms with Crippen LogP contribution in [0.2, 0.25) is 5.02 Å². The molecule has 2 aromatic rings. The van der Waals surface area contributed by atoms with Crippen molar-refractivity contribution in [2.75, 3.05) is 5.01 Å². The van der Waals surface area contributed by atoms with Gasteiger partial charge in [0, 0.05) is 22.8 Å². The molecule has 19 heavy (non-hydrogen) atoms. The van der Waals surface area contributed by atoms with Crippen LogP contribution < -0.4 is 22.3 Å². The molecule has 0 saturated heterocycles. The van der Waals surface area contributed by atoms with Gasteiger partial charge < -0.3 is 10.8 Å². The zero-order valence-corrected chi connectivity index (χ0v) is 10.6. The number of rotatable bonds is 3. The SMILES string of the molecule is N/N=C\N(N)c1ccc(Cl)cc1-c1cc[nH]c(=O)c1. The number of nitrogens with zero attached hydrogens (tertiary/aromatic N) is 2. The highest BCUT2D eigenvalue weighted by Gasteiger charge is 2.10. The Morgan fingerprint density at radius 2 is 2.11 bits per heavy atom. The number of halogens is 1. The minimum absolute atomic E-state index is 0.209. The molecule has 6 nitrogen and oxygen atoms in total. The van der Waals surface area contributed by atoms with Crippen LogP contribution in [0, 0.1) is 0 Å². The van der Waals surface area contributed by atoms with E-state index in [4.69, 9.17) is 23.3 Å². The zero-order chi connectivity index (χ0) is 13.8. The summed E-state index contributed by atoms with van der Waals surface area (Å²) in [6, 6.07) is 8.35. The molecule has 0 aliphatic rings. The molecule has 0 aliphatic heterocycles. The number of hydrogen-bond acceptors (Lipinski definition) is 4. The van der Waals surface area contributed by atoms with Gasteiger partial charge in [-0.15, -0.1) is 0 Å². The van der Waals surface area contributed by atoms with Gasteiger partial charge in [-0.05, 0) is 29.8 Å². The van der Waals surface area contributed by atoms with Crippen molar-refractivity contribution in [2.45, 2.75) is 0 Å². The molecule has 1 heterocycles.